The molecule has 4 nitrogen and oxygen atoms in total. The van der Waals surface area contributed by atoms with Crippen LogP contribution in [-0.2, 0) is 10.1 Å². The summed E-state index contributed by atoms with van der Waals surface area (Å²) in [5.74, 6) is -0.812. The lowest BCUT2D eigenvalue weighted by molar-refractivity contribution is 0.484. The molecule has 0 unspecified atom stereocenters. The molecule has 0 aliphatic rings. The highest BCUT2D eigenvalue weighted by Crippen LogP contribution is 2.29. The monoisotopic (exact) mass is 325 g/mol. The van der Waals surface area contributed by atoms with Gasteiger partial charge in [0.15, 0.2) is 5.75 Å². The Labute approximate surface area is 126 Å². The van der Waals surface area contributed by atoms with Gasteiger partial charge in [0.1, 0.15) is 10.7 Å². The number of rotatable bonds is 3. The molecule has 0 saturated heterocycles. The van der Waals surface area contributed by atoms with E-state index < -0.39 is 15.9 Å². The minimum absolute atomic E-state index is 0.0216. The van der Waals surface area contributed by atoms with Crippen LogP contribution in [0.1, 0.15) is 11.1 Å². The lowest BCUT2D eigenvalue weighted by Crippen LogP contribution is -2.12. The van der Waals surface area contributed by atoms with Gasteiger partial charge in [0.2, 0.25) is 0 Å². The van der Waals surface area contributed by atoms with Crippen LogP contribution in [0.2, 0.25) is 5.02 Å². The van der Waals surface area contributed by atoms with Crippen LogP contribution in [-0.4, -0.2) is 8.42 Å². The van der Waals surface area contributed by atoms with Crippen LogP contribution >= 0.6 is 11.6 Å². The number of halogens is 2. The lowest BCUT2D eigenvalue weighted by atomic mass is 10.2. The molecule has 0 heterocycles. The lowest BCUT2D eigenvalue weighted by Gasteiger charge is -2.10. The summed E-state index contributed by atoms with van der Waals surface area (Å²) in [4.78, 5) is -0.275. The fourth-order valence-corrected chi connectivity index (χ4v) is 3.10. The molecule has 108 valence electrons. The van der Waals surface area contributed by atoms with Crippen LogP contribution in [0.3, 0.4) is 0 Å². The number of hydrogen-bond donors (Lipinski definition) is 0. The number of nitriles is 1. The molecule has 0 aromatic heterocycles. The average Bonchev–Trinajstić information content (AvgIpc) is 2.43. The molecule has 0 aliphatic carbocycles. The van der Waals surface area contributed by atoms with Crippen molar-refractivity contribution in [1.82, 2.24) is 0 Å². The maximum absolute atomic E-state index is 13.2. The molecule has 0 fully saturated rings. The molecule has 7 heteroatoms. The summed E-state index contributed by atoms with van der Waals surface area (Å²) >= 11 is 5.86. The number of hydrogen-bond acceptors (Lipinski definition) is 4. The molecule has 2 rings (SSSR count). The highest BCUT2D eigenvalue weighted by Gasteiger charge is 2.21. The summed E-state index contributed by atoms with van der Waals surface area (Å²) in [5, 5.41) is 8.70. The molecule has 2 aromatic carbocycles. The summed E-state index contributed by atoms with van der Waals surface area (Å²) in [6, 6.07) is 9.16. The third-order valence-electron chi connectivity index (χ3n) is 2.68. The highest BCUT2D eigenvalue weighted by atomic mass is 35.5. The van der Waals surface area contributed by atoms with Crippen LogP contribution in [0.4, 0.5) is 4.39 Å². The minimum Gasteiger partial charge on any atom is -0.377 e. The zero-order chi connectivity index (χ0) is 15.6. The summed E-state index contributed by atoms with van der Waals surface area (Å²) < 4.78 is 42.5. The third kappa shape index (κ3) is 3.32. The van der Waals surface area contributed by atoms with Gasteiger partial charge in [-0.05, 0) is 42.8 Å². The maximum atomic E-state index is 13.2. The van der Waals surface area contributed by atoms with Crippen molar-refractivity contribution in [2.45, 2.75) is 11.8 Å². The van der Waals surface area contributed by atoms with Gasteiger partial charge in [-0.25, -0.2) is 4.39 Å². The number of nitrogens with zero attached hydrogens (tertiary/aromatic N) is 1. The third-order valence-corrected chi connectivity index (χ3v) is 4.35. The summed E-state index contributed by atoms with van der Waals surface area (Å²) in [6.45, 7) is 1.52. The number of benzene rings is 2. The van der Waals surface area contributed by atoms with Crippen LogP contribution in [0, 0.1) is 24.1 Å². The van der Waals surface area contributed by atoms with E-state index in [4.69, 9.17) is 21.0 Å². The van der Waals surface area contributed by atoms with Gasteiger partial charge in [0.25, 0.3) is 0 Å². The molecular weight excluding hydrogens is 317 g/mol. The van der Waals surface area contributed by atoms with Crippen molar-refractivity contribution in [3.8, 4) is 11.8 Å². The van der Waals surface area contributed by atoms with Gasteiger partial charge in [-0.2, -0.15) is 13.7 Å². The molecule has 2 aromatic rings. The molecule has 0 amide bonds. The predicted octanol–water partition coefficient (Wildman–Crippen LogP) is 3.43. The number of aryl methyl sites for hydroxylation is 1. The predicted molar refractivity (Wildman–Crippen MR) is 75.1 cm³/mol. The van der Waals surface area contributed by atoms with E-state index in [0.717, 1.165) is 12.1 Å². The summed E-state index contributed by atoms with van der Waals surface area (Å²) in [5.41, 5.74) is 0.618. The quantitative estimate of drug-likeness (QED) is 0.811. The molecule has 21 heavy (non-hydrogen) atoms. The fraction of sp³-hybridized carbons (Fsp3) is 0.0714. The molecule has 0 radical (unpaired) electrons. The first-order valence-corrected chi connectivity index (χ1v) is 7.52. The fourth-order valence-electron chi connectivity index (χ4n) is 1.64. The van der Waals surface area contributed by atoms with Crippen LogP contribution < -0.4 is 4.18 Å². The molecule has 0 aliphatic heterocycles. The van der Waals surface area contributed by atoms with E-state index in [1.165, 1.54) is 31.2 Å². The second-order valence-corrected chi connectivity index (χ2v) is 6.13. The van der Waals surface area contributed by atoms with E-state index in [-0.39, 0.29) is 21.2 Å². The van der Waals surface area contributed by atoms with E-state index in [2.05, 4.69) is 0 Å². The van der Waals surface area contributed by atoms with Gasteiger partial charge in [-0.15, -0.1) is 0 Å². The second-order valence-electron chi connectivity index (χ2n) is 4.20. The van der Waals surface area contributed by atoms with Crippen LogP contribution in [0.5, 0.6) is 5.75 Å². The molecular formula is C14H9ClFNO3S. The van der Waals surface area contributed by atoms with Crippen LogP contribution in [0.15, 0.2) is 41.3 Å². The highest BCUT2D eigenvalue weighted by molar-refractivity contribution is 7.87. The zero-order valence-corrected chi connectivity index (χ0v) is 12.4. The van der Waals surface area contributed by atoms with Crippen molar-refractivity contribution < 1.29 is 17.0 Å². The Morgan fingerprint density at radius 2 is 1.95 bits per heavy atom. The van der Waals surface area contributed by atoms with Crippen LogP contribution in [0.25, 0.3) is 0 Å². The van der Waals surface area contributed by atoms with Crippen molar-refractivity contribution >= 4 is 21.7 Å². The summed E-state index contributed by atoms with van der Waals surface area (Å²) in [7, 11) is -4.22. The first kappa shape index (κ1) is 15.3. The van der Waals surface area contributed by atoms with Crippen molar-refractivity contribution in [3.05, 3.63) is 58.4 Å². The van der Waals surface area contributed by atoms with Crippen molar-refractivity contribution in [2.75, 3.05) is 0 Å². The Balaban J connectivity index is 2.43. The largest absolute Gasteiger partial charge is 0.377 e. The smallest absolute Gasteiger partial charge is 0.339 e. The normalized spacial score (nSPS) is 11.0. The maximum Gasteiger partial charge on any atom is 0.339 e. The first-order chi connectivity index (χ1) is 9.83. The Kier molecular flexibility index (Phi) is 4.16. The van der Waals surface area contributed by atoms with Gasteiger partial charge in [-0.3, -0.25) is 0 Å². The van der Waals surface area contributed by atoms with Crippen molar-refractivity contribution in [1.29, 1.82) is 5.26 Å². The van der Waals surface area contributed by atoms with Crippen molar-refractivity contribution in [3.63, 3.8) is 0 Å². The topological polar surface area (TPSA) is 67.2 Å². The van der Waals surface area contributed by atoms with Gasteiger partial charge >= 0.3 is 10.1 Å². The Hall–Kier alpha value is -2.10. The zero-order valence-electron chi connectivity index (χ0n) is 10.8. The molecule has 0 N–H and O–H groups in total. The minimum atomic E-state index is -4.22. The molecule has 0 saturated carbocycles. The van der Waals surface area contributed by atoms with E-state index in [1.54, 1.807) is 0 Å². The first-order valence-electron chi connectivity index (χ1n) is 5.74. The SMILES string of the molecule is Cc1ccc(F)cc1S(=O)(=O)Oc1ccc(C#N)cc1Cl. The molecule has 0 spiro atoms. The Morgan fingerprint density at radius 3 is 2.57 bits per heavy atom. The average molecular weight is 326 g/mol. The molecule has 0 atom stereocenters. The molecule has 0 bridgehead atoms. The van der Waals surface area contributed by atoms with E-state index >= 15 is 0 Å². The van der Waals surface area contributed by atoms with E-state index in [9.17, 15) is 12.8 Å². The standard InChI is InChI=1S/C14H9ClFNO3S/c1-9-2-4-11(16)7-14(9)21(18,19)20-13-5-3-10(8-17)6-12(13)15/h2-7H,1H3. The van der Waals surface area contributed by atoms with Gasteiger partial charge in [0, 0.05) is 0 Å². The van der Waals surface area contributed by atoms with E-state index in [0.29, 0.717) is 5.56 Å². The van der Waals surface area contributed by atoms with Gasteiger partial charge < -0.3 is 4.18 Å². The Bertz CT molecular complexity index is 844. The summed E-state index contributed by atoms with van der Waals surface area (Å²) in [6.07, 6.45) is 0. The van der Waals surface area contributed by atoms with Gasteiger partial charge in [0.05, 0.1) is 16.7 Å². The van der Waals surface area contributed by atoms with Gasteiger partial charge in [-0.1, -0.05) is 17.7 Å². The second kappa shape index (κ2) is 5.72. The van der Waals surface area contributed by atoms with Crippen molar-refractivity contribution in [2.24, 2.45) is 0 Å². The Morgan fingerprint density at radius 1 is 1.24 bits per heavy atom. The van der Waals surface area contributed by atoms with E-state index in [1.807, 2.05) is 6.07 Å².